The van der Waals surface area contributed by atoms with Gasteiger partial charge in [0, 0.05) is 25.2 Å². The van der Waals surface area contributed by atoms with Crippen LogP contribution >= 0.6 is 0 Å². The summed E-state index contributed by atoms with van der Waals surface area (Å²) < 4.78 is 5.28. The molecule has 1 amide bonds. The molecule has 2 aliphatic rings. The topological polar surface area (TPSA) is 63.2 Å². The second kappa shape index (κ2) is 7.58. The fraction of sp³-hybridized carbons (Fsp3) is 0.647. The summed E-state index contributed by atoms with van der Waals surface area (Å²) >= 11 is 0. The summed E-state index contributed by atoms with van der Waals surface area (Å²) in [6, 6.07) is 4.45. The van der Waals surface area contributed by atoms with Crippen molar-refractivity contribution in [3.8, 4) is 0 Å². The molecule has 5 heteroatoms. The third-order valence-electron chi connectivity index (χ3n) is 4.58. The zero-order chi connectivity index (χ0) is 15.2. The lowest BCUT2D eigenvalue weighted by atomic mass is 9.95. The van der Waals surface area contributed by atoms with E-state index in [1.165, 1.54) is 32.1 Å². The van der Waals surface area contributed by atoms with Crippen molar-refractivity contribution in [1.29, 1.82) is 0 Å². The van der Waals surface area contributed by atoms with Gasteiger partial charge in [0.2, 0.25) is 5.91 Å². The highest BCUT2D eigenvalue weighted by Crippen LogP contribution is 2.22. The van der Waals surface area contributed by atoms with Gasteiger partial charge in [-0.25, -0.2) is 4.98 Å². The molecule has 2 fully saturated rings. The summed E-state index contributed by atoms with van der Waals surface area (Å²) in [5.41, 5.74) is 1.04. The minimum atomic E-state index is 0.0515. The molecule has 1 aromatic rings. The zero-order valence-corrected chi connectivity index (χ0v) is 13.0. The van der Waals surface area contributed by atoms with Crippen LogP contribution in [0.25, 0.3) is 0 Å². The monoisotopic (exact) mass is 303 g/mol. The number of hydrogen-bond acceptors (Lipinski definition) is 4. The van der Waals surface area contributed by atoms with Crippen molar-refractivity contribution < 1.29 is 9.53 Å². The van der Waals surface area contributed by atoms with Gasteiger partial charge in [0.1, 0.15) is 5.82 Å². The lowest BCUT2D eigenvalue weighted by Crippen LogP contribution is -2.28. The maximum Gasteiger partial charge on any atom is 0.228 e. The molecule has 0 unspecified atom stereocenters. The third-order valence-corrected chi connectivity index (χ3v) is 4.58. The molecule has 2 N–H and O–H groups in total. The highest BCUT2D eigenvalue weighted by molar-refractivity contribution is 5.91. The SMILES string of the molecule is O=C(Nc1ccc(NC2CCCCC2)cn1)C1CCOCC1. The number of amides is 1. The Kier molecular flexibility index (Phi) is 5.27. The summed E-state index contributed by atoms with van der Waals surface area (Å²) in [4.78, 5) is 16.5. The van der Waals surface area contributed by atoms with Crippen molar-refractivity contribution in [2.45, 2.75) is 51.0 Å². The Morgan fingerprint density at radius 3 is 2.55 bits per heavy atom. The van der Waals surface area contributed by atoms with Crippen molar-refractivity contribution >= 4 is 17.4 Å². The third kappa shape index (κ3) is 4.19. The van der Waals surface area contributed by atoms with E-state index in [4.69, 9.17) is 4.74 Å². The second-order valence-corrected chi connectivity index (χ2v) is 6.29. The van der Waals surface area contributed by atoms with E-state index in [9.17, 15) is 4.79 Å². The Bertz CT molecular complexity index is 477. The Morgan fingerprint density at radius 1 is 1.09 bits per heavy atom. The predicted octanol–water partition coefficient (Wildman–Crippen LogP) is 3.19. The molecular formula is C17H25N3O2. The lowest BCUT2D eigenvalue weighted by molar-refractivity contribution is -0.122. The van der Waals surface area contributed by atoms with Gasteiger partial charge in [0.15, 0.2) is 0 Å². The van der Waals surface area contributed by atoms with Gasteiger partial charge in [-0.3, -0.25) is 4.79 Å². The van der Waals surface area contributed by atoms with E-state index in [-0.39, 0.29) is 11.8 Å². The zero-order valence-electron chi connectivity index (χ0n) is 13.0. The molecule has 2 heterocycles. The van der Waals surface area contributed by atoms with E-state index in [1.54, 1.807) is 0 Å². The fourth-order valence-corrected chi connectivity index (χ4v) is 3.22. The first kappa shape index (κ1) is 15.3. The van der Waals surface area contributed by atoms with Gasteiger partial charge in [0.05, 0.1) is 11.9 Å². The smallest absolute Gasteiger partial charge is 0.228 e. The number of hydrogen-bond donors (Lipinski definition) is 2. The van der Waals surface area contributed by atoms with Crippen LogP contribution in [0.3, 0.4) is 0 Å². The van der Waals surface area contributed by atoms with Crippen LogP contribution in [0, 0.1) is 5.92 Å². The van der Waals surface area contributed by atoms with Crippen LogP contribution in [0.15, 0.2) is 18.3 Å². The maximum atomic E-state index is 12.1. The molecule has 1 aliphatic carbocycles. The van der Waals surface area contributed by atoms with Gasteiger partial charge in [-0.15, -0.1) is 0 Å². The number of nitrogens with one attached hydrogen (secondary N) is 2. The molecule has 3 rings (SSSR count). The lowest BCUT2D eigenvalue weighted by Gasteiger charge is -2.24. The number of ether oxygens (including phenoxy) is 1. The van der Waals surface area contributed by atoms with Crippen LogP contribution in [0.4, 0.5) is 11.5 Å². The molecule has 0 spiro atoms. The standard InChI is InChI=1S/C17H25N3O2/c21-17(13-8-10-22-11-9-13)20-16-7-6-15(12-18-16)19-14-4-2-1-3-5-14/h6-7,12-14,19H,1-5,8-11H2,(H,18,20,21). The van der Waals surface area contributed by atoms with Crippen molar-refractivity contribution in [3.63, 3.8) is 0 Å². The van der Waals surface area contributed by atoms with Gasteiger partial charge in [-0.2, -0.15) is 0 Å². The van der Waals surface area contributed by atoms with Gasteiger partial charge >= 0.3 is 0 Å². The van der Waals surface area contributed by atoms with E-state index in [1.807, 2.05) is 18.3 Å². The molecule has 0 radical (unpaired) electrons. The summed E-state index contributed by atoms with van der Waals surface area (Å²) in [6.45, 7) is 1.35. The number of carbonyl (C=O) groups is 1. The van der Waals surface area contributed by atoms with E-state index < -0.39 is 0 Å². The van der Waals surface area contributed by atoms with E-state index in [0.717, 1.165) is 18.5 Å². The minimum Gasteiger partial charge on any atom is -0.381 e. The number of anilines is 2. The molecule has 5 nitrogen and oxygen atoms in total. The van der Waals surface area contributed by atoms with Crippen LogP contribution in [0.1, 0.15) is 44.9 Å². The van der Waals surface area contributed by atoms with Crippen LogP contribution < -0.4 is 10.6 Å². The van der Waals surface area contributed by atoms with Gasteiger partial charge < -0.3 is 15.4 Å². The largest absolute Gasteiger partial charge is 0.381 e. The molecule has 0 aromatic carbocycles. The summed E-state index contributed by atoms with van der Waals surface area (Å²) in [5, 5.41) is 6.44. The number of nitrogens with zero attached hydrogens (tertiary/aromatic N) is 1. The average molecular weight is 303 g/mol. The first-order valence-corrected chi connectivity index (χ1v) is 8.42. The van der Waals surface area contributed by atoms with E-state index in [2.05, 4.69) is 15.6 Å². The molecule has 0 atom stereocenters. The average Bonchev–Trinajstić information content (AvgIpc) is 2.58. The van der Waals surface area contributed by atoms with Crippen LogP contribution in [-0.4, -0.2) is 30.1 Å². The van der Waals surface area contributed by atoms with Crippen LogP contribution in [0.2, 0.25) is 0 Å². The predicted molar refractivity (Wildman–Crippen MR) is 86.9 cm³/mol. The number of rotatable bonds is 4. The summed E-state index contributed by atoms with van der Waals surface area (Å²) in [7, 11) is 0. The molecule has 1 aromatic heterocycles. The van der Waals surface area contributed by atoms with Gasteiger partial charge in [-0.05, 0) is 37.8 Å². The Morgan fingerprint density at radius 2 is 1.86 bits per heavy atom. The van der Waals surface area contributed by atoms with Gasteiger partial charge in [0.25, 0.3) is 0 Å². The highest BCUT2D eigenvalue weighted by atomic mass is 16.5. The summed E-state index contributed by atoms with van der Waals surface area (Å²) in [6.07, 6.45) is 9.86. The maximum absolute atomic E-state index is 12.1. The quantitative estimate of drug-likeness (QED) is 0.896. The molecular weight excluding hydrogens is 278 g/mol. The number of aromatic nitrogens is 1. The molecule has 120 valence electrons. The summed E-state index contributed by atoms with van der Waals surface area (Å²) in [5.74, 6) is 0.741. The first-order valence-electron chi connectivity index (χ1n) is 8.42. The Labute approximate surface area is 131 Å². The molecule has 0 bridgehead atoms. The van der Waals surface area contributed by atoms with E-state index in [0.29, 0.717) is 25.1 Å². The minimum absolute atomic E-state index is 0.0515. The number of pyridine rings is 1. The van der Waals surface area contributed by atoms with Crippen molar-refractivity contribution in [2.24, 2.45) is 5.92 Å². The van der Waals surface area contributed by atoms with Crippen molar-refractivity contribution in [1.82, 2.24) is 4.98 Å². The van der Waals surface area contributed by atoms with Crippen molar-refractivity contribution in [2.75, 3.05) is 23.8 Å². The van der Waals surface area contributed by atoms with Gasteiger partial charge in [-0.1, -0.05) is 19.3 Å². The first-order chi connectivity index (χ1) is 10.8. The molecule has 22 heavy (non-hydrogen) atoms. The van der Waals surface area contributed by atoms with Crippen molar-refractivity contribution in [3.05, 3.63) is 18.3 Å². The normalized spacial score (nSPS) is 20.5. The number of carbonyl (C=O) groups excluding carboxylic acids is 1. The van der Waals surface area contributed by atoms with Crippen LogP contribution in [-0.2, 0) is 9.53 Å². The Balaban J connectivity index is 1.51. The molecule has 1 aliphatic heterocycles. The fourth-order valence-electron chi connectivity index (χ4n) is 3.22. The second-order valence-electron chi connectivity index (χ2n) is 6.29. The van der Waals surface area contributed by atoms with Crippen LogP contribution in [0.5, 0.6) is 0 Å². The Hall–Kier alpha value is -1.62. The highest BCUT2D eigenvalue weighted by Gasteiger charge is 2.21. The van der Waals surface area contributed by atoms with E-state index >= 15 is 0 Å². The molecule has 1 saturated heterocycles. The molecule has 1 saturated carbocycles.